The van der Waals surface area contributed by atoms with E-state index >= 15 is 0 Å². The maximum Gasteiger partial charge on any atom is 0.141 e. The highest BCUT2D eigenvalue weighted by Crippen LogP contribution is 2.22. The van der Waals surface area contributed by atoms with E-state index in [-0.39, 0.29) is 5.56 Å². The van der Waals surface area contributed by atoms with Crippen LogP contribution < -0.4 is 11.1 Å². The van der Waals surface area contributed by atoms with E-state index in [0.29, 0.717) is 17.1 Å². The van der Waals surface area contributed by atoms with Gasteiger partial charge in [0.2, 0.25) is 0 Å². The van der Waals surface area contributed by atoms with Crippen molar-refractivity contribution in [1.29, 1.82) is 5.26 Å². The first-order valence-electron chi connectivity index (χ1n) is 4.87. The fraction of sp³-hybridized carbons (Fsp3) is 0. The first kappa shape index (κ1) is 10.9. The van der Waals surface area contributed by atoms with E-state index in [1.165, 1.54) is 24.4 Å². The van der Waals surface area contributed by atoms with Gasteiger partial charge in [-0.05, 0) is 24.3 Å². The van der Waals surface area contributed by atoms with Gasteiger partial charge in [0, 0.05) is 11.9 Å². The van der Waals surface area contributed by atoms with E-state index in [0.717, 1.165) is 0 Å². The third-order valence-electron chi connectivity index (χ3n) is 2.22. The van der Waals surface area contributed by atoms with Crippen molar-refractivity contribution in [3.63, 3.8) is 0 Å². The summed E-state index contributed by atoms with van der Waals surface area (Å²) in [6, 6.07) is 7.67. The topological polar surface area (TPSA) is 74.7 Å². The highest BCUT2D eigenvalue weighted by Gasteiger charge is 2.04. The lowest BCUT2D eigenvalue weighted by molar-refractivity contribution is 0.624. The fourth-order valence-corrected chi connectivity index (χ4v) is 1.36. The Kier molecular flexibility index (Phi) is 2.88. The zero-order chi connectivity index (χ0) is 12.3. The van der Waals surface area contributed by atoms with E-state index in [1.54, 1.807) is 18.3 Å². The number of pyridine rings is 1. The molecule has 0 aliphatic rings. The Morgan fingerprint density at radius 3 is 2.88 bits per heavy atom. The molecule has 0 spiro atoms. The number of nitriles is 1. The maximum absolute atomic E-state index is 13.1. The molecule has 4 nitrogen and oxygen atoms in total. The average molecular weight is 228 g/mol. The molecule has 0 fully saturated rings. The number of nitrogen functional groups attached to an aromatic ring is 1. The number of hydrogen-bond acceptors (Lipinski definition) is 4. The summed E-state index contributed by atoms with van der Waals surface area (Å²) in [5, 5.41) is 11.7. The minimum Gasteiger partial charge on any atom is -0.396 e. The fourth-order valence-electron chi connectivity index (χ4n) is 1.36. The summed E-state index contributed by atoms with van der Waals surface area (Å²) >= 11 is 0. The second-order valence-electron chi connectivity index (χ2n) is 3.39. The largest absolute Gasteiger partial charge is 0.396 e. The molecule has 2 aromatic rings. The minimum absolute atomic E-state index is 0.0115. The molecule has 0 aliphatic carbocycles. The number of nitrogens with zero attached hydrogens (tertiary/aromatic N) is 2. The lowest BCUT2D eigenvalue weighted by Crippen LogP contribution is -1.97. The first-order valence-corrected chi connectivity index (χ1v) is 4.87. The second kappa shape index (κ2) is 4.49. The number of aromatic nitrogens is 1. The van der Waals surface area contributed by atoms with Gasteiger partial charge in [-0.25, -0.2) is 4.39 Å². The van der Waals surface area contributed by atoms with E-state index in [4.69, 9.17) is 11.0 Å². The zero-order valence-electron chi connectivity index (χ0n) is 8.81. The number of benzene rings is 1. The molecule has 0 saturated carbocycles. The summed E-state index contributed by atoms with van der Waals surface area (Å²) in [6.45, 7) is 0. The molecule has 3 N–H and O–H groups in total. The molecule has 0 unspecified atom stereocenters. The van der Waals surface area contributed by atoms with Crippen molar-refractivity contribution in [2.45, 2.75) is 0 Å². The van der Waals surface area contributed by atoms with Crippen LogP contribution in [0.5, 0.6) is 0 Å². The van der Waals surface area contributed by atoms with Crippen molar-refractivity contribution < 1.29 is 4.39 Å². The SMILES string of the molecule is N#Cc1cc(Nc2ccncc2N)ccc1F. The van der Waals surface area contributed by atoms with Gasteiger partial charge in [-0.3, -0.25) is 4.98 Å². The number of hydrogen-bond donors (Lipinski definition) is 2. The Balaban J connectivity index is 2.32. The van der Waals surface area contributed by atoms with Crippen LogP contribution in [-0.4, -0.2) is 4.98 Å². The molecule has 84 valence electrons. The predicted molar refractivity (Wildman–Crippen MR) is 63.0 cm³/mol. The van der Waals surface area contributed by atoms with Crippen LogP contribution in [0.3, 0.4) is 0 Å². The van der Waals surface area contributed by atoms with E-state index in [9.17, 15) is 4.39 Å². The van der Waals surface area contributed by atoms with Gasteiger partial charge in [0.1, 0.15) is 11.9 Å². The van der Waals surface area contributed by atoms with Crippen LogP contribution >= 0.6 is 0 Å². The van der Waals surface area contributed by atoms with Crippen LogP contribution in [0.4, 0.5) is 21.5 Å². The van der Waals surface area contributed by atoms with Crippen LogP contribution in [0.15, 0.2) is 36.7 Å². The van der Waals surface area contributed by atoms with Crippen molar-refractivity contribution >= 4 is 17.1 Å². The van der Waals surface area contributed by atoms with Crippen molar-refractivity contribution in [3.05, 3.63) is 48.0 Å². The van der Waals surface area contributed by atoms with Gasteiger partial charge in [-0.2, -0.15) is 5.26 Å². The lowest BCUT2D eigenvalue weighted by atomic mass is 10.2. The number of halogens is 1. The van der Waals surface area contributed by atoms with Gasteiger partial charge in [0.15, 0.2) is 0 Å². The summed E-state index contributed by atoms with van der Waals surface area (Å²) in [6.07, 6.45) is 3.10. The minimum atomic E-state index is -0.541. The third-order valence-corrected chi connectivity index (χ3v) is 2.22. The molecule has 0 amide bonds. The monoisotopic (exact) mass is 228 g/mol. The summed E-state index contributed by atoms with van der Waals surface area (Å²) in [4.78, 5) is 3.86. The molecule has 0 atom stereocenters. The molecule has 1 aromatic heterocycles. The summed E-state index contributed by atoms with van der Waals surface area (Å²) in [5.74, 6) is -0.541. The Labute approximate surface area is 97.5 Å². The summed E-state index contributed by atoms with van der Waals surface area (Å²) in [7, 11) is 0. The van der Waals surface area contributed by atoms with E-state index < -0.39 is 5.82 Å². The van der Waals surface area contributed by atoms with Crippen LogP contribution in [0.2, 0.25) is 0 Å². The second-order valence-corrected chi connectivity index (χ2v) is 3.39. The smallest absolute Gasteiger partial charge is 0.141 e. The summed E-state index contributed by atoms with van der Waals surface area (Å²) in [5.41, 5.74) is 7.44. The third kappa shape index (κ3) is 2.32. The van der Waals surface area contributed by atoms with Gasteiger partial charge in [0.05, 0.1) is 23.1 Å². The van der Waals surface area contributed by atoms with Crippen molar-refractivity contribution in [3.8, 4) is 6.07 Å². The molecule has 1 aromatic carbocycles. The molecule has 17 heavy (non-hydrogen) atoms. The first-order chi connectivity index (χ1) is 8.20. The molecule has 5 heteroatoms. The standard InChI is InChI=1S/C12H9FN4/c13-10-2-1-9(5-8(10)6-14)17-12-3-4-16-7-11(12)15/h1-5,7H,15H2,(H,16,17). The Bertz CT molecular complexity index is 589. The Hall–Kier alpha value is -2.61. The van der Waals surface area contributed by atoms with Crippen LogP contribution in [0, 0.1) is 17.1 Å². The number of nitrogens with two attached hydrogens (primary N) is 1. The van der Waals surface area contributed by atoms with Gasteiger partial charge in [-0.15, -0.1) is 0 Å². The van der Waals surface area contributed by atoms with Crippen molar-refractivity contribution in [2.24, 2.45) is 0 Å². The molecule has 0 bridgehead atoms. The predicted octanol–water partition coefficient (Wildman–Crippen LogP) is 2.42. The molecule has 0 radical (unpaired) electrons. The quantitative estimate of drug-likeness (QED) is 0.827. The van der Waals surface area contributed by atoms with Gasteiger partial charge >= 0.3 is 0 Å². The number of anilines is 3. The van der Waals surface area contributed by atoms with E-state index in [2.05, 4.69) is 10.3 Å². The van der Waals surface area contributed by atoms with Crippen LogP contribution in [0.25, 0.3) is 0 Å². The highest BCUT2D eigenvalue weighted by atomic mass is 19.1. The number of nitrogens with one attached hydrogen (secondary N) is 1. The Morgan fingerprint density at radius 2 is 2.18 bits per heavy atom. The molecule has 0 saturated heterocycles. The normalized spacial score (nSPS) is 9.65. The number of rotatable bonds is 2. The average Bonchev–Trinajstić information content (AvgIpc) is 2.34. The molecular weight excluding hydrogens is 219 g/mol. The molecular formula is C12H9FN4. The van der Waals surface area contributed by atoms with Crippen molar-refractivity contribution in [2.75, 3.05) is 11.1 Å². The Morgan fingerprint density at radius 1 is 1.35 bits per heavy atom. The zero-order valence-corrected chi connectivity index (χ0v) is 8.81. The van der Waals surface area contributed by atoms with Gasteiger partial charge in [0.25, 0.3) is 0 Å². The lowest BCUT2D eigenvalue weighted by Gasteiger charge is -2.08. The van der Waals surface area contributed by atoms with Crippen molar-refractivity contribution in [1.82, 2.24) is 4.98 Å². The highest BCUT2D eigenvalue weighted by molar-refractivity contribution is 5.71. The van der Waals surface area contributed by atoms with Gasteiger partial charge < -0.3 is 11.1 Å². The molecule has 0 aliphatic heterocycles. The molecule has 1 heterocycles. The molecule has 2 rings (SSSR count). The van der Waals surface area contributed by atoms with E-state index in [1.807, 2.05) is 0 Å². The van der Waals surface area contributed by atoms with Crippen LogP contribution in [0.1, 0.15) is 5.56 Å². The van der Waals surface area contributed by atoms with Crippen LogP contribution in [-0.2, 0) is 0 Å². The van der Waals surface area contributed by atoms with Gasteiger partial charge in [-0.1, -0.05) is 0 Å². The summed E-state index contributed by atoms with van der Waals surface area (Å²) < 4.78 is 13.1. The maximum atomic E-state index is 13.1.